The van der Waals surface area contributed by atoms with Crippen molar-refractivity contribution in [2.45, 2.75) is 116 Å². The SMILES string of the molecule is CCOC(=O)C1=C(C2(NC(=O)OC(C)(C)C)CC2)CN(Cc2ccccc2)C1.CCOC(=O)C1CN(Cc2ccccc2)CC1C1(NC(=O)OC(C)(C)C)CC1. The maximum atomic E-state index is 12.6. The van der Waals surface area contributed by atoms with E-state index in [9.17, 15) is 19.2 Å². The summed E-state index contributed by atoms with van der Waals surface area (Å²) in [5.41, 5.74) is 2.08. The van der Waals surface area contributed by atoms with E-state index >= 15 is 0 Å². The summed E-state index contributed by atoms with van der Waals surface area (Å²) in [5.74, 6) is -0.658. The van der Waals surface area contributed by atoms with Gasteiger partial charge in [-0.3, -0.25) is 14.6 Å². The fourth-order valence-corrected chi connectivity index (χ4v) is 7.75. The maximum absolute atomic E-state index is 12.6. The molecule has 2 N–H and O–H groups in total. The molecule has 0 bridgehead atoms. The van der Waals surface area contributed by atoms with Crippen LogP contribution in [0.25, 0.3) is 0 Å². The number of nitrogens with zero attached hydrogens (tertiary/aromatic N) is 2. The standard InChI is InChI=1S/C22H32N2O4.C22H30N2O4/c2*1-5-27-19(25)17-14-24(13-16-9-7-6-8-10-16)15-18(17)22(11-12-22)23-20(26)28-21(2,3)4/h6-10,17-18H,5,11-15H2,1-4H3,(H,23,26);6-10H,5,11-15H2,1-4H3,(H,23,26). The molecule has 306 valence electrons. The highest BCUT2D eigenvalue weighted by Crippen LogP contribution is 2.49. The van der Waals surface area contributed by atoms with Crippen LogP contribution >= 0.6 is 0 Å². The molecule has 2 amide bonds. The number of amides is 2. The first-order valence-electron chi connectivity index (χ1n) is 20.1. The number of benzene rings is 2. The molecule has 56 heavy (non-hydrogen) atoms. The van der Waals surface area contributed by atoms with Gasteiger partial charge in [0.25, 0.3) is 0 Å². The third-order valence-corrected chi connectivity index (χ3v) is 10.4. The fourth-order valence-electron chi connectivity index (χ4n) is 7.75. The van der Waals surface area contributed by atoms with Crippen LogP contribution in [0, 0.1) is 11.8 Å². The molecule has 12 nitrogen and oxygen atoms in total. The molecule has 2 aliphatic heterocycles. The van der Waals surface area contributed by atoms with Gasteiger partial charge in [-0.1, -0.05) is 60.7 Å². The highest BCUT2D eigenvalue weighted by molar-refractivity contribution is 5.91. The van der Waals surface area contributed by atoms with Crippen molar-refractivity contribution >= 4 is 24.1 Å². The second kappa shape index (κ2) is 17.8. The summed E-state index contributed by atoms with van der Waals surface area (Å²) in [4.78, 5) is 54.5. The first kappa shape index (κ1) is 42.7. The minimum absolute atomic E-state index is 0.0304. The fraction of sp³-hybridized carbons (Fsp3) is 0.591. The van der Waals surface area contributed by atoms with Gasteiger partial charge in [0.15, 0.2) is 0 Å². The Kier molecular flexibility index (Phi) is 13.6. The van der Waals surface area contributed by atoms with Crippen molar-refractivity contribution in [1.82, 2.24) is 20.4 Å². The van der Waals surface area contributed by atoms with E-state index in [1.165, 1.54) is 11.1 Å². The molecule has 0 radical (unpaired) electrons. The number of hydrogen-bond acceptors (Lipinski definition) is 10. The van der Waals surface area contributed by atoms with Crippen molar-refractivity contribution in [2.24, 2.45) is 11.8 Å². The summed E-state index contributed by atoms with van der Waals surface area (Å²) >= 11 is 0. The molecular formula is C44H62N4O8. The van der Waals surface area contributed by atoms with Gasteiger partial charge in [0.2, 0.25) is 0 Å². The third-order valence-electron chi connectivity index (χ3n) is 10.4. The number of hydrogen-bond donors (Lipinski definition) is 2. The molecule has 6 rings (SSSR count). The zero-order valence-corrected chi connectivity index (χ0v) is 34.6. The monoisotopic (exact) mass is 774 g/mol. The number of likely N-dealkylation sites (tertiary alicyclic amines) is 1. The van der Waals surface area contributed by atoms with Gasteiger partial charge < -0.3 is 29.6 Å². The average Bonchev–Trinajstić information content (AvgIpc) is 3.97. The van der Waals surface area contributed by atoms with Crippen LogP contribution in [0.4, 0.5) is 9.59 Å². The predicted octanol–water partition coefficient (Wildman–Crippen LogP) is 6.77. The van der Waals surface area contributed by atoms with E-state index in [1.807, 2.05) is 84.9 Å². The summed E-state index contributed by atoms with van der Waals surface area (Å²) < 4.78 is 21.5. The molecule has 2 heterocycles. The quantitative estimate of drug-likeness (QED) is 0.176. The van der Waals surface area contributed by atoms with Crippen LogP contribution in [0.2, 0.25) is 0 Å². The van der Waals surface area contributed by atoms with Gasteiger partial charge in [0.1, 0.15) is 11.2 Å². The molecule has 2 unspecified atom stereocenters. The van der Waals surface area contributed by atoms with Crippen LogP contribution in [0.1, 0.15) is 92.2 Å². The van der Waals surface area contributed by atoms with Crippen molar-refractivity contribution in [3.8, 4) is 0 Å². The van der Waals surface area contributed by atoms with Crippen molar-refractivity contribution < 1.29 is 38.1 Å². The largest absolute Gasteiger partial charge is 0.466 e. The number of rotatable bonds is 12. The summed E-state index contributed by atoms with van der Waals surface area (Å²) in [6.07, 6.45) is 2.50. The smallest absolute Gasteiger partial charge is 0.408 e. The van der Waals surface area contributed by atoms with Crippen molar-refractivity contribution in [2.75, 3.05) is 39.4 Å². The molecule has 4 aliphatic rings. The van der Waals surface area contributed by atoms with Gasteiger partial charge in [0.05, 0.1) is 30.2 Å². The van der Waals surface area contributed by atoms with E-state index in [0.717, 1.165) is 50.9 Å². The minimum atomic E-state index is -0.562. The summed E-state index contributed by atoms with van der Waals surface area (Å²) in [6.45, 7) is 19.5. The van der Waals surface area contributed by atoms with Crippen LogP contribution < -0.4 is 10.6 Å². The number of alkyl carbamates (subject to hydrolysis) is 2. The van der Waals surface area contributed by atoms with Gasteiger partial charge in [-0.2, -0.15) is 0 Å². The summed E-state index contributed by atoms with van der Waals surface area (Å²) in [7, 11) is 0. The first-order chi connectivity index (χ1) is 26.4. The van der Waals surface area contributed by atoms with Crippen LogP contribution in [0.3, 0.4) is 0 Å². The molecule has 2 atom stereocenters. The Balaban J connectivity index is 0.000000214. The second-order valence-corrected chi connectivity index (χ2v) is 17.4. The minimum Gasteiger partial charge on any atom is -0.466 e. The highest BCUT2D eigenvalue weighted by atomic mass is 16.6. The number of esters is 2. The molecule has 12 heteroatoms. The number of carbonyl (C=O) groups is 4. The Bertz CT molecular complexity index is 1670. The van der Waals surface area contributed by atoms with Crippen molar-refractivity contribution in [3.63, 3.8) is 0 Å². The lowest BCUT2D eigenvalue weighted by Gasteiger charge is -2.29. The lowest BCUT2D eigenvalue weighted by molar-refractivity contribution is -0.149. The topological polar surface area (TPSA) is 136 Å². The molecule has 0 aromatic heterocycles. The Morgan fingerprint density at radius 1 is 0.679 bits per heavy atom. The Morgan fingerprint density at radius 2 is 1.20 bits per heavy atom. The summed E-state index contributed by atoms with van der Waals surface area (Å²) in [6, 6.07) is 20.4. The molecule has 2 saturated carbocycles. The van der Waals surface area contributed by atoms with E-state index in [0.29, 0.717) is 38.4 Å². The number of carbonyl (C=O) groups excluding carboxylic acids is 4. The highest BCUT2D eigenvalue weighted by Gasteiger charge is 2.58. The van der Waals surface area contributed by atoms with Crippen molar-refractivity contribution in [1.29, 1.82) is 0 Å². The van der Waals surface area contributed by atoms with Crippen LogP contribution in [-0.4, -0.2) is 95.6 Å². The lowest BCUT2D eigenvalue weighted by Crippen LogP contribution is -2.48. The van der Waals surface area contributed by atoms with E-state index < -0.39 is 28.9 Å². The molecule has 3 fully saturated rings. The van der Waals surface area contributed by atoms with Gasteiger partial charge in [0, 0.05) is 50.7 Å². The van der Waals surface area contributed by atoms with E-state index in [1.54, 1.807) is 6.92 Å². The zero-order valence-electron chi connectivity index (χ0n) is 34.6. The van der Waals surface area contributed by atoms with E-state index in [-0.39, 0.29) is 29.3 Å². The van der Waals surface area contributed by atoms with E-state index in [4.69, 9.17) is 18.9 Å². The van der Waals surface area contributed by atoms with Gasteiger partial charge in [-0.15, -0.1) is 0 Å². The Hall–Kier alpha value is -4.42. The van der Waals surface area contributed by atoms with Crippen LogP contribution in [-0.2, 0) is 41.6 Å². The van der Waals surface area contributed by atoms with Crippen LogP contribution in [0.5, 0.6) is 0 Å². The second-order valence-electron chi connectivity index (χ2n) is 17.4. The van der Waals surface area contributed by atoms with E-state index in [2.05, 4.69) is 44.7 Å². The number of nitrogens with one attached hydrogen (secondary N) is 2. The van der Waals surface area contributed by atoms with Gasteiger partial charge >= 0.3 is 24.1 Å². The summed E-state index contributed by atoms with van der Waals surface area (Å²) in [5, 5.41) is 6.11. The zero-order chi connectivity index (χ0) is 40.7. The normalized spacial score (nSPS) is 21.3. The van der Waals surface area contributed by atoms with Gasteiger partial charge in [-0.25, -0.2) is 14.4 Å². The van der Waals surface area contributed by atoms with Crippen LogP contribution in [0.15, 0.2) is 71.8 Å². The molecule has 2 aliphatic carbocycles. The Labute approximate surface area is 332 Å². The molecule has 0 spiro atoms. The molecular weight excluding hydrogens is 713 g/mol. The first-order valence-corrected chi connectivity index (χ1v) is 20.1. The molecule has 1 saturated heterocycles. The third kappa shape index (κ3) is 11.8. The number of ether oxygens (including phenoxy) is 4. The maximum Gasteiger partial charge on any atom is 0.408 e. The van der Waals surface area contributed by atoms with Gasteiger partial charge in [-0.05, 0) is 97.8 Å². The lowest BCUT2D eigenvalue weighted by atomic mass is 9.87. The van der Waals surface area contributed by atoms with Crippen molar-refractivity contribution in [3.05, 3.63) is 82.9 Å². The predicted molar refractivity (Wildman–Crippen MR) is 213 cm³/mol. The molecule has 2 aromatic carbocycles. The molecule has 2 aromatic rings. The average molecular weight is 775 g/mol. The Morgan fingerprint density at radius 3 is 1.68 bits per heavy atom.